The maximum atomic E-state index is 5.99. The molecule has 0 amide bonds. The Kier molecular flexibility index (Phi) is 6.70. The molecule has 23 heavy (non-hydrogen) atoms. The first kappa shape index (κ1) is 19.0. The van der Waals surface area contributed by atoms with Crippen LogP contribution >= 0.6 is 11.3 Å². The van der Waals surface area contributed by atoms with E-state index in [9.17, 15) is 0 Å². The lowest BCUT2D eigenvalue weighted by Gasteiger charge is -2.46. The maximum Gasteiger partial charge on any atom is 0.0631 e. The molecule has 0 saturated carbocycles. The zero-order chi connectivity index (χ0) is 16.9. The van der Waals surface area contributed by atoms with Gasteiger partial charge in [0, 0.05) is 17.5 Å². The fraction of sp³-hybridized carbons (Fsp3) is 0.800. The molecule has 2 rings (SSSR count). The Morgan fingerprint density at radius 1 is 1.26 bits per heavy atom. The Bertz CT molecular complexity index is 454. The summed E-state index contributed by atoms with van der Waals surface area (Å²) in [5.74, 6) is 0.788. The minimum Gasteiger partial charge on any atom is -0.376 e. The highest BCUT2D eigenvalue weighted by Crippen LogP contribution is 2.45. The lowest BCUT2D eigenvalue weighted by Crippen LogP contribution is -2.43. The van der Waals surface area contributed by atoms with Crippen molar-refractivity contribution in [1.82, 2.24) is 5.32 Å². The van der Waals surface area contributed by atoms with Crippen molar-refractivity contribution >= 4 is 11.3 Å². The van der Waals surface area contributed by atoms with Crippen molar-refractivity contribution in [2.45, 2.75) is 78.4 Å². The van der Waals surface area contributed by atoms with Gasteiger partial charge < -0.3 is 10.1 Å². The molecule has 2 nitrogen and oxygen atoms in total. The molecule has 132 valence electrons. The predicted octanol–water partition coefficient (Wildman–Crippen LogP) is 5.80. The molecule has 2 atom stereocenters. The fourth-order valence-corrected chi connectivity index (χ4v) is 4.68. The predicted molar refractivity (Wildman–Crippen MR) is 101 cm³/mol. The molecule has 1 aromatic rings. The van der Waals surface area contributed by atoms with Crippen LogP contribution < -0.4 is 5.32 Å². The lowest BCUT2D eigenvalue weighted by atomic mass is 9.68. The summed E-state index contributed by atoms with van der Waals surface area (Å²) in [6, 6.07) is 4.84. The smallest absolute Gasteiger partial charge is 0.0631 e. The molecule has 0 radical (unpaired) electrons. The Hall–Kier alpha value is -0.380. The molecule has 0 aromatic carbocycles. The molecule has 1 saturated heterocycles. The number of thiophene rings is 1. The van der Waals surface area contributed by atoms with Crippen LogP contribution in [0.4, 0.5) is 0 Å². The summed E-state index contributed by atoms with van der Waals surface area (Å²) in [5.41, 5.74) is 0.489. The number of ether oxygens (including phenoxy) is 1. The van der Waals surface area contributed by atoms with Crippen LogP contribution in [0.2, 0.25) is 0 Å². The Morgan fingerprint density at radius 2 is 2.04 bits per heavy atom. The highest BCUT2D eigenvalue weighted by atomic mass is 32.1. The standard InChI is InChI=1S/C20H35NOS/c1-16(2)8-9-20(11-13-22-19(4,5)15-20)10-12-21-17(3)18-7-6-14-23-18/h6-7,14,16-17,21H,8-13,15H2,1-5H3/t17-,20+/m1/s1. The molecule has 0 unspecified atom stereocenters. The van der Waals surface area contributed by atoms with E-state index in [-0.39, 0.29) is 5.60 Å². The SMILES string of the molecule is CC(C)CC[C@]1(CCN[C@H](C)c2cccs2)CCOC(C)(C)C1. The van der Waals surface area contributed by atoms with Crippen molar-refractivity contribution < 1.29 is 4.74 Å². The van der Waals surface area contributed by atoms with Gasteiger partial charge in [-0.2, -0.15) is 0 Å². The van der Waals surface area contributed by atoms with Crippen molar-refractivity contribution in [3.05, 3.63) is 22.4 Å². The van der Waals surface area contributed by atoms with Gasteiger partial charge in [-0.05, 0) is 75.8 Å². The van der Waals surface area contributed by atoms with Gasteiger partial charge in [-0.1, -0.05) is 26.3 Å². The van der Waals surface area contributed by atoms with Crippen molar-refractivity contribution in [2.75, 3.05) is 13.2 Å². The normalized spacial score (nSPS) is 25.7. The van der Waals surface area contributed by atoms with Crippen LogP contribution in [0.1, 0.15) is 77.6 Å². The van der Waals surface area contributed by atoms with Gasteiger partial charge in [-0.15, -0.1) is 11.3 Å². The summed E-state index contributed by atoms with van der Waals surface area (Å²) in [6.45, 7) is 13.5. The van der Waals surface area contributed by atoms with Crippen LogP contribution in [0.3, 0.4) is 0 Å². The van der Waals surface area contributed by atoms with Gasteiger partial charge in [0.25, 0.3) is 0 Å². The van der Waals surface area contributed by atoms with Crippen LogP contribution in [-0.4, -0.2) is 18.8 Å². The van der Waals surface area contributed by atoms with Gasteiger partial charge in [0.15, 0.2) is 0 Å². The summed E-state index contributed by atoms with van der Waals surface area (Å²) >= 11 is 1.85. The van der Waals surface area contributed by atoms with Crippen LogP contribution in [0.5, 0.6) is 0 Å². The zero-order valence-electron chi connectivity index (χ0n) is 15.7. The molecular weight excluding hydrogens is 302 g/mol. The molecule has 1 aliphatic rings. The van der Waals surface area contributed by atoms with Crippen LogP contribution in [0, 0.1) is 11.3 Å². The third kappa shape index (κ3) is 5.88. The first-order chi connectivity index (χ1) is 10.8. The second-order valence-electron chi connectivity index (χ2n) is 8.41. The van der Waals surface area contributed by atoms with Gasteiger partial charge in [0.2, 0.25) is 0 Å². The molecule has 1 aromatic heterocycles. The van der Waals surface area contributed by atoms with E-state index in [0.29, 0.717) is 11.5 Å². The van der Waals surface area contributed by atoms with E-state index in [1.165, 1.54) is 37.0 Å². The highest BCUT2D eigenvalue weighted by molar-refractivity contribution is 7.10. The average Bonchev–Trinajstić information content (AvgIpc) is 2.98. The van der Waals surface area contributed by atoms with E-state index in [0.717, 1.165) is 19.1 Å². The lowest BCUT2D eigenvalue weighted by molar-refractivity contribution is -0.110. The van der Waals surface area contributed by atoms with Crippen molar-refractivity contribution in [3.8, 4) is 0 Å². The third-order valence-corrected chi connectivity index (χ3v) is 6.31. The summed E-state index contributed by atoms with van der Waals surface area (Å²) in [4.78, 5) is 1.44. The summed E-state index contributed by atoms with van der Waals surface area (Å²) in [5, 5.41) is 5.91. The zero-order valence-corrected chi connectivity index (χ0v) is 16.5. The van der Waals surface area contributed by atoms with Crippen LogP contribution in [-0.2, 0) is 4.74 Å². The van der Waals surface area contributed by atoms with E-state index < -0.39 is 0 Å². The van der Waals surface area contributed by atoms with Gasteiger partial charge in [0.05, 0.1) is 5.60 Å². The molecule has 3 heteroatoms. The molecule has 0 spiro atoms. The van der Waals surface area contributed by atoms with E-state index in [1.807, 2.05) is 11.3 Å². The van der Waals surface area contributed by atoms with Crippen molar-refractivity contribution in [1.29, 1.82) is 0 Å². The second-order valence-corrected chi connectivity index (χ2v) is 9.39. The van der Waals surface area contributed by atoms with E-state index in [2.05, 4.69) is 57.4 Å². The number of hydrogen-bond acceptors (Lipinski definition) is 3. The Labute approximate surface area is 147 Å². The summed E-state index contributed by atoms with van der Waals surface area (Å²) < 4.78 is 5.99. The van der Waals surface area contributed by atoms with Gasteiger partial charge in [-0.25, -0.2) is 0 Å². The van der Waals surface area contributed by atoms with E-state index in [4.69, 9.17) is 4.74 Å². The number of rotatable bonds is 8. The molecular formula is C20H35NOS. The minimum atomic E-state index is 0.0363. The Morgan fingerprint density at radius 3 is 2.65 bits per heavy atom. The molecule has 1 aliphatic heterocycles. The number of nitrogens with one attached hydrogen (secondary N) is 1. The monoisotopic (exact) mass is 337 g/mol. The van der Waals surface area contributed by atoms with Crippen LogP contribution in [0.15, 0.2) is 17.5 Å². The molecule has 0 bridgehead atoms. The van der Waals surface area contributed by atoms with Crippen molar-refractivity contribution in [3.63, 3.8) is 0 Å². The largest absolute Gasteiger partial charge is 0.376 e. The van der Waals surface area contributed by atoms with Crippen LogP contribution in [0.25, 0.3) is 0 Å². The second kappa shape index (κ2) is 8.13. The molecule has 1 N–H and O–H groups in total. The van der Waals surface area contributed by atoms with Gasteiger partial charge in [-0.3, -0.25) is 0 Å². The molecule has 0 aliphatic carbocycles. The fourth-order valence-electron chi connectivity index (χ4n) is 3.93. The molecule has 2 heterocycles. The van der Waals surface area contributed by atoms with Crippen molar-refractivity contribution in [2.24, 2.45) is 11.3 Å². The van der Waals surface area contributed by atoms with Gasteiger partial charge >= 0.3 is 0 Å². The number of hydrogen-bond donors (Lipinski definition) is 1. The minimum absolute atomic E-state index is 0.0363. The molecule has 1 fully saturated rings. The first-order valence-corrected chi connectivity index (χ1v) is 10.1. The third-order valence-electron chi connectivity index (χ3n) is 5.25. The first-order valence-electron chi connectivity index (χ1n) is 9.23. The quantitative estimate of drug-likeness (QED) is 0.647. The van der Waals surface area contributed by atoms with E-state index >= 15 is 0 Å². The summed E-state index contributed by atoms with van der Waals surface area (Å²) in [6.07, 6.45) is 6.35. The highest BCUT2D eigenvalue weighted by Gasteiger charge is 2.40. The topological polar surface area (TPSA) is 21.3 Å². The van der Waals surface area contributed by atoms with E-state index in [1.54, 1.807) is 0 Å². The maximum absolute atomic E-state index is 5.99. The summed E-state index contributed by atoms with van der Waals surface area (Å²) in [7, 11) is 0. The Balaban J connectivity index is 1.91. The average molecular weight is 338 g/mol. The van der Waals surface area contributed by atoms with Gasteiger partial charge in [0.1, 0.15) is 0 Å².